The zero-order valence-electron chi connectivity index (χ0n) is 16.0. The molecule has 0 spiro atoms. The standard InChI is InChI=1S/C24H16BrN3O2/c1-30-24(29)16-4-7-20-18(12-16)22-21(15-8-10-26-11-9-15)19(13-27-23(22)28-20)14-2-5-17(25)6-3-14/h2-13H,1H3,(H,27,28). The summed E-state index contributed by atoms with van der Waals surface area (Å²) in [6, 6.07) is 17.6. The minimum Gasteiger partial charge on any atom is -0.465 e. The number of ether oxygens (including phenoxy) is 1. The molecule has 0 radical (unpaired) electrons. The second-order valence-electron chi connectivity index (χ2n) is 6.89. The molecule has 1 N–H and O–H groups in total. The number of aromatic amines is 1. The van der Waals surface area contributed by atoms with Crippen molar-refractivity contribution in [3.8, 4) is 22.3 Å². The number of esters is 1. The Morgan fingerprint density at radius 1 is 1.00 bits per heavy atom. The molecule has 0 amide bonds. The number of nitrogens with one attached hydrogen (secondary N) is 1. The molecule has 30 heavy (non-hydrogen) atoms. The average Bonchev–Trinajstić information content (AvgIpc) is 3.17. The van der Waals surface area contributed by atoms with Crippen LogP contribution in [0.25, 0.3) is 44.2 Å². The lowest BCUT2D eigenvalue weighted by Crippen LogP contribution is -2.00. The first-order valence-electron chi connectivity index (χ1n) is 9.35. The molecular weight excluding hydrogens is 442 g/mol. The van der Waals surface area contributed by atoms with E-state index in [0.717, 1.165) is 48.7 Å². The molecule has 0 saturated carbocycles. The van der Waals surface area contributed by atoms with Gasteiger partial charge in [0.15, 0.2) is 0 Å². The second kappa shape index (κ2) is 7.39. The monoisotopic (exact) mass is 457 g/mol. The maximum atomic E-state index is 12.1. The summed E-state index contributed by atoms with van der Waals surface area (Å²) in [4.78, 5) is 24.4. The summed E-state index contributed by atoms with van der Waals surface area (Å²) >= 11 is 3.50. The van der Waals surface area contributed by atoms with Crippen LogP contribution in [-0.2, 0) is 4.74 Å². The van der Waals surface area contributed by atoms with Crippen molar-refractivity contribution in [3.05, 3.63) is 83.2 Å². The van der Waals surface area contributed by atoms with Gasteiger partial charge in [0.2, 0.25) is 0 Å². The largest absolute Gasteiger partial charge is 0.465 e. The van der Waals surface area contributed by atoms with Gasteiger partial charge in [-0.15, -0.1) is 0 Å². The van der Waals surface area contributed by atoms with Gasteiger partial charge in [-0.1, -0.05) is 28.1 Å². The number of methoxy groups -OCH3 is 1. The first-order chi connectivity index (χ1) is 14.7. The van der Waals surface area contributed by atoms with Gasteiger partial charge in [0.1, 0.15) is 5.65 Å². The Kier molecular flexibility index (Phi) is 4.56. The van der Waals surface area contributed by atoms with Gasteiger partial charge in [-0.05, 0) is 53.6 Å². The molecule has 5 rings (SSSR count). The van der Waals surface area contributed by atoms with Crippen LogP contribution in [0.15, 0.2) is 77.7 Å². The lowest BCUT2D eigenvalue weighted by atomic mass is 9.93. The third-order valence-electron chi connectivity index (χ3n) is 5.17. The fourth-order valence-corrected chi connectivity index (χ4v) is 4.03. The van der Waals surface area contributed by atoms with Crippen LogP contribution in [0.1, 0.15) is 10.4 Å². The molecule has 0 aliphatic heterocycles. The molecule has 0 bridgehead atoms. The molecule has 5 nitrogen and oxygen atoms in total. The van der Waals surface area contributed by atoms with E-state index in [4.69, 9.17) is 9.72 Å². The van der Waals surface area contributed by atoms with Gasteiger partial charge in [-0.3, -0.25) is 4.98 Å². The predicted molar refractivity (Wildman–Crippen MR) is 121 cm³/mol. The summed E-state index contributed by atoms with van der Waals surface area (Å²) < 4.78 is 5.93. The van der Waals surface area contributed by atoms with Crippen molar-refractivity contribution < 1.29 is 9.53 Å². The van der Waals surface area contributed by atoms with Gasteiger partial charge >= 0.3 is 5.97 Å². The number of carbonyl (C=O) groups excluding carboxylic acids is 1. The average molecular weight is 458 g/mol. The summed E-state index contributed by atoms with van der Waals surface area (Å²) in [7, 11) is 1.39. The number of hydrogen-bond acceptors (Lipinski definition) is 4. The van der Waals surface area contributed by atoms with Crippen LogP contribution in [0.4, 0.5) is 0 Å². The highest BCUT2D eigenvalue weighted by Crippen LogP contribution is 2.40. The quantitative estimate of drug-likeness (QED) is 0.337. The van der Waals surface area contributed by atoms with Gasteiger partial charge < -0.3 is 9.72 Å². The Labute approximate surface area is 180 Å². The zero-order valence-corrected chi connectivity index (χ0v) is 17.6. The summed E-state index contributed by atoms with van der Waals surface area (Å²) in [6.07, 6.45) is 5.45. The normalized spacial score (nSPS) is 11.1. The molecule has 3 heterocycles. The van der Waals surface area contributed by atoms with Crippen molar-refractivity contribution in [1.29, 1.82) is 0 Å². The lowest BCUT2D eigenvalue weighted by Gasteiger charge is -2.12. The number of fused-ring (bicyclic) bond motifs is 3. The van der Waals surface area contributed by atoms with Crippen LogP contribution in [0.5, 0.6) is 0 Å². The van der Waals surface area contributed by atoms with Crippen molar-refractivity contribution >= 4 is 43.8 Å². The molecule has 146 valence electrons. The number of benzene rings is 2. The number of hydrogen-bond donors (Lipinski definition) is 1. The molecule has 2 aromatic carbocycles. The van der Waals surface area contributed by atoms with Gasteiger partial charge in [0.05, 0.1) is 12.7 Å². The summed E-state index contributed by atoms with van der Waals surface area (Å²) in [6.45, 7) is 0. The number of pyridine rings is 2. The Hall–Kier alpha value is -3.51. The molecule has 0 atom stereocenters. The van der Waals surface area contributed by atoms with E-state index in [9.17, 15) is 4.79 Å². The van der Waals surface area contributed by atoms with Crippen LogP contribution in [0, 0.1) is 0 Å². The number of rotatable bonds is 3. The summed E-state index contributed by atoms with van der Waals surface area (Å²) in [5, 5.41) is 1.88. The van der Waals surface area contributed by atoms with E-state index in [2.05, 4.69) is 38.0 Å². The third kappa shape index (κ3) is 3.06. The number of aromatic nitrogens is 3. The summed E-state index contributed by atoms with van der Waals surface area (Å²) in [5.41, 5.74) is 6.30. The second-order valence-corrected chi connectivity index (χ2v) is 7.81. The third-order valence-corrected chi connectivity index (χ3v) is 5.69. The van der Waals surface area contributed by atoms with E-state index in [1.54, 1.807) is 18.5 Å². The van der Waals surface area contributed by atoms with Crippen LogP contribution in [0.3, 0.4) is 0 Å². The van der Waals surface area contributed by atoms with Crippen LogP contribution in [0.2, 0.25) is 0 Å². The van der Waals surface area contributed by atoms with Crippen molar-refractivity contribution in [1.82, 2.24) is 15.0 Å². The Balaban J connectivity index is 1.90. The molecule has 5 aromatic rings. The Morgan fingerprint density at radius 3 is 2.50 bits per heavy atom. The summed E-state index contributed by atoms with van der Waals surface area (Å²) in [5.74, 6) is -0.367. The van der Waals surface area contributed by atoms with E-state index < -0.39 is 0 Å². The van der Waals surface area contributed by atoms with E-state index in [0.29, 0.717) is 5.56 Å². The zero-order chi connectivity index (χ0) is 20.7. The Bertz CT molecular complexity index is 1390. The van der Waals surface area contributed by atoms with Gasteiger partial charge in [0.25, 0.3) is 0 Å². The topological polar surface area (TPSA) is 67.9 Å². The highest BCUT2D eigenvalue weighted by atomic mass is 79.9. The molecule has 0 saturated heterocycles. The van der Waals surface area contributed by atoms with Crippen molar-refractivity contribution in [2.45, 2.75) is 0 Å². The maximum Gasteiger partial charge on any atom is 0.337 e. The molecule has 3 aromatic heterocycles. The number of H-pyrrole nitrogens is 1. The minimum atomic E-state index is -0.367. The van der Waals surface area contributed by atoms with E-state index in [-0.39, 0.29) is 5.97 Å². The molecule has 0 aliphatic carbocycles. The van der Waals surface area contributed by atoms with Crippen molar-refractivity contribution in [2.24, 2.45) is 0 Å². The predicted octanol–water partition coefficient (Wildman–Crippen LogP) is 5.99. The first kappa shape index (κ1) is 18.5. The highest BCUT2D eigenvalue weighted by Gasteiger charge is 2.18. The number of nitrogens with zero attached hydrogens (tertiary/aromatic N) is 2. The fourth-order valence-electron chi connectivity index (χ4n) is 3.77. The van der Waals surface area contributed by atoms with E-state index in [1.165, 1.54) is 7.11 Å². The van der Waals surface area contributed by atoms with Crippen LogP contribution in [-0.4, -0.2) is 28.0 Å². The smallest absolute Gasteiger partial charge is 0.337 e. The molecule has 0 unspecified atom stereocenters. The fraction of sp³-hybridized carbons (Fsp3) is 0.0417. The van der Waals surface area contributed by atoms with Gasteiger partial charge in [-0.2, -0.15) is 0 Å². The van der Waals surface area contributed by atoms with Crippen molar-refractivity contribution in [2.75, 3.05) is 7.11 Å². The lowest BCUT2D eigenvalue weighted by molar-refractivity contribution is 0.0601. The molecule has 6 heteroatoms. The number of halogens is 1. The highest BCUT2D eigenvalue weighted by molar-refractivity contribution is 9.10. The molecule has 0 aliphatic rings. The van der Waals surface area contributed by atoms with E-state index in [1.807, 2.05) is 42.6 Å². The minimum absolute atomic E-state index is 0.367. The first-order valence-corrected chi connectivity index (χ1v) is 10.1. The molecular formula is C24H16BrN3O2. The number of carbonyl (C=O) groups is 1. The van der Waals surface area contributed by atoms with Crippen LogP contribution < -0.4 is 0 Å². The SMILES string of the molecule is COC(=O)c1ccc2[nH]c3ncc(-c4ccc(Br)cc4)c(-c4ccncc4)c3c2c1. The molecule has 0 fully saturated rings. The van der Waals surface area contributed by atoms with Crippen LogP contribution >= 0.6 is 15.9 Å². The van der Waals surface area contributed by atoms with Gasteiger partial charge in [0, 0.05) is 50.5 Å². The Morgan fingerprint density at radius 2 is 1.77 bits per heavy atom. The maximum absolute atomic E-state index is 12.1. The van der Waals surface area contributed by atoms with Crippen molar-refractivity contribution in [3.63, 3.8) is 0 Å². The van der Waals surface area contributed by atoms with E-state index >= 15 is 0 Å². The van der Waals surface area contributed by atoms with Gasteiger partial charge in [-0.25, -0.2) is 9.78 Å².